The predicted octanol–water partition coefficient (Wildman–Crippen LogP) is 4.84. The zero-order valence-corrected chi connectivity index (χ0v) is 21.1. The molecule has 4 aromatic carbocycles. The summed E-state index contributed by atoms with van der Waals surface area (Å²) in [4.78, 5) is 43.5. The Morgan fingerprint density at radius 3 is 2.30 bits per heavy atom. The fourth-order valence-electron chi connectivity index (χ4n) is 4.87. The van der Waals surface area contributed by atoms with Gasteiger partial charge in [-0.3, -0.25) is 19.3 Å². The molecule has 7 heteroatoms. The topological polar surface area (TPSA) is 69.7 Å². The molecule has 6 nitrogen and oxygen atoms in total. The molecule has 1 aliphatic rings. The molecular formula is C30H26ClN3O3. The van der Waals surface area contributed by atoms with E-state index >= 15 is 0 Å². The van der Waals surface area contributed by atoms with E-state index in [2.05, 4.69) is 5.32 Å². The number of nitrogens with zero attached hydrogens (tertiary/aromatic N) is 2. The van der Waals surface area contributed by atoms with E-state index < -0.39 is 6.04 Å². The number of anilines is 1. The normalized spacial score (nSPS) is 13.0. The maximum atomic E-state index is 14.0. The minimum absolute atomic E-state index is 0.178. The predicted molar refractivity (Wildman–Crippen MR) is 146 cm³/mol. The van der Waals surface area contributed by atoms with Gasteiger partial charge in [0.2, 0.25) is 11.8 Å². The second-order valence-corrected chi connectivity index (χ2v) is 9.48. The molecule has 3 amide bonds. The lowest BCUT2D eigenvalue weighted by molar-refractivity contribution is -0.140. The van der Waals surface area contributed by atoms with Crippen LogP contribution in [0.25, 0.3) is 10.8 Å². The molecule has 37 heavy (non-hydrogen) atoms. The molecule has 0 saturated carbocycles. The van der Waals surface area contributed by atoms with Crippen LogP contribution in [-0.2, 0) is 22.6 Å². The summed E-state index contributed by atoms with van der Waals surface area (Å²) in [5, 5.41) is 5.09. The third-order valence-corrected chi connectivity index (χ3v) is 6.98. The van der Waals surface area contributed by atoms with Crippen molar-refractivity contribution in [2.24, 2.45) is 0 Å². The van der Waals surface area contributed by atoms with Crippen LogP contribution in [-0.4, -0.2) is 42.3 Å². The van der Waals surface area contributed by atoms with Gasteiger partial charge in [0.1, 0.15) is 12.6 Å². The van der Waals surface area contributed by atoms with Crippen molar-refractivity contribution in [1.82, 2.24) is 10.2 Å². The number of benzene rings is 4. The number of nitrogens with one attached hydrogen (secondary N) is 1. The zero-order chi connectivity index (χ0) is 25.9. The molecule has 0 aliphatic carbocycles. The Bertz CT molecular complexity index is 1470. The standard InChI is InChI=1S/C30H26ClN3O3/c1-32-29(36)26(17-20-7-3-2-4-8-20)33(18-21-13-15-23(31)16-14-21)27(35)19-34-25-12-6-10-22-9-5-11-24(28(22)25)30(34)37/h2-16,26H,17-19H2,1H3,(H,32,36). The molecule has 0 spiro atoms. The quantitative estimate of drug-likeness (QED) is 0.368. The van der Waals surface area contributed by atoms with E-state index in [4.69, 9.17) is 11.6 Å². The van der Waals surface area contributed by atoms with Crippen molar-refractivity contribution in [3.63, 3.8) is 0 Å². The molecule has 4 aromatic rings. The molecule has 0 bridgehead atoms. The Kier molecular flexibility index (Phi) is 6.93. The van der Waals surface area contributed by atoms with Gasteiger partial charge in [0.25, 0.3) is 5.91 Å². The summed E-state index contributed by atoms with van der Waals surface area (Å²) in [6, 6.07) is 27.3. The summed E-state index contributed by atoms with van der Waals surface area (Å²) in [6.07, 6.45) is 0.337. The number of halogens is 1. The van der Waals surface area contributed by atoms with Gasteiger partial charge in [-0.15, -0.1) is 0 Å². The van der Waals surface area contributed by atoms with Crippen molar-refractivity contribution in [3.05, 3.63) is 113 Å². The van der Waals surface area contributed by atoms with Gasteiger partial charge in [-0.1, -0.05) is 78.3 Å². The molecule has 186 valence electrons. The van der Waals surface area contributed by atoms with Gasteiger partial charge in [-0.25, -0.2) is 0 Å². The van der Waals surface area contributed by atoms with Gasteiger partial charge >= 0.3 is 0 Å². The Morgan fingerprint density at radius 2 is 1.59 bits per heavy atom. The van der Waals surface area contributed by atoms with Crippen LogP contribution in [0.4, 0.5) is 5.69 Å². The first-order valence-electron chi connectivity index (χ1n) is 12.1. The van der Waals surface area contributed by atoms with E-state index in [1.54, 1.807) is 30.1 Å². The molecule has 1 N–H and O–H groups in total. The van der Waals surface area contributed by atoms with Crippen LogP contribution in [0.1, 0.15) is 21.5 Å². The maximum Gasteiger partial charge on any atom is 0.259 e. The minimum Gasteiger partial charge on any atom is -0.357 e. The first-order chi connectivity index (χ1) is 18.0. The lowest BCUT2D eigenvalue weighted by Gasteiger charge is -2.32. The monoisotopic (exact) mass is 511 g/mol. The van der Waals surface area contributed by atoms with E-state index in [1.165, 1.54) is 4.90 Å². The number of amides is 3. The SMILES string of the molecule is CNC(=O)C(Cc1ccccc1)N(Cc1ccc(Cl)cc1)C(=O)CN1C(=O)c2cccc3cccc1c23. The molecule has 1 unspecified atom stereocenters. The third kappa shape index (κ3) is 4.93. The van der Waals surface area contributed by atoms with Crippen LogP contribution in [0.2, 0.25) is 5.02 Å². The molecule has 0 aromatic heterocycles. The van der Waals surface area contributed by atoms with E-state index in [1.807, 2.05) is 72.8 Å². The third-order valence-electron chi connectivity index (χ3n) is 6.73. The highest BCUT2D eigenvalue weighted by Crippen LogP contribution is 2.37. The Balaban J connectivity index is 1.50. The van der Waals surface area contributed by atoms with Crippen molar-refractivity contribution in [1.29, 1.82) is 0 Å². The van der Waals surface area contributed by atoms with Gasteiger partial charge in [-0.2, -0.15) is 0 Å². The minimum atomic E-state index is -0.772. The van der Waals surface area contributed by atoms with Crippen LogP contribution in [0.15, 0.2) is 91.0 Å². The van der Waals surface area contributed by atoms with Crippen LogP contribution < -0.4 is 10.2 Å². The van der Waals surface area contributed by atoms with E-state index in [0.717, 1.165) is 21.9 Å². The van der Waals surface area contributed by atoms with Crippen molar-refractivity contribution in [3.8, 4) is 0 Å². The second kappa shape index (κ2) is 10.4. The molecule has 1 aliphatic heterocycles. The average Bonchev–Trinajstić information content (AvgIpc) is 3.19. The summed E-state index contributed by atoms with van der Waals surface area (Å²) in [7, 11) is 1.56. The summed E-state index contributed by atoms with van der Waals surface area (Å²) >= 11 is 6.08. The summed E-state index contributed by atoms with van der Waals surface area (Å²) in [6.45, 7) is 0.0165. The Labute approximate surface area is 220 Å². The van der Waals surface area contributed by atoms with Gasteiger partial charge in [0.05, 0.1) is 5.69 Å². The number of carbonyl (C=O) groups excluding carboxylic acids is 3. The fourth-order valence-corrected chi connectivity index (χ4v) is 5.00. The molecule has 1 atom stereocenters. The van der Waals surface area contributed by atoms with Crippen LogP contribution >= 0.6 is 11.6 Å². The van der Waals surface area contributed by atoms with E-state index in [-0.39, 0.29) is 30.8 Å². The van der Waals surface area contributed by atoms with Crippen molar-refractivity contribution >= 4 is 45.8 Å². The number of carbonyl (C=O) groups is 3. The van der Waals surface area contributed by atoms with Crippen LogP contribution in [0.5, 0.6) is 0 Å². The summed E-state index contributed by atoms with van der Waals surface area (Å²) < 4.78 is 0. The zero-order valence-electron chi connectivity index (χ0n) is 20.4. The van der Waals surface area contributed by atoms with Gasteiger partial charge in [0.15, 0.2) is 0 Å². The first kappa shape index (κ1) is 24.5. The highest BCUT2D eigenvalue weighted by Gasteiger charge is 2.35. The Morgan fingerprint density at radius 1 is 0.892 bits per heavy atom. The summed E-state index contributed by atoms with van der Waals surface area (Å²) in [5.74, 6) is -0.812. The maximum absolute atomic E-state index is 14.0. The van der Waals surface area contributed by atoms with Crippen LogP contribution in [0, 0.1) is 0 Å². The van der Waals surface area contributed by atoms with E-state index in [0.29, 0.717) is 22.7 Å². The smallest absolute Gasteiger partial charge is 0.259 e. The molecular weight excluding hydrogens is 486 g/mol. The lowest BCUT2D eigenvalue weighted by atomic mass is 10.0. The largest absolute Gasteiger partial charge is 0.357 e. The van der Waals surface area contributed by atoms with Gasteiger partial charge < -0.3 is 10.2 Å². The van der Waals surface area contributed by atoms with Crippen LogP contribution in [0.3, 0.4) is 0 Å². The highest BCUT2D eigenvalue weighted by atomic mass is 35.5. The molecule has 0 fully saturated rings. The van der Waals surface area contributed by atoms with E-state index in [9.17, 15) is 14.4 Å². The number of rotatable bonds is 8. The van der Waals surface area contributed by atoms with Crippen molar-refractivity contribution in [2.45, 2.75) is 19.0 Å². The fraction of sp³-hybridized carbons (Fsp3) is 0.167. The average molecular weight is 512 g/mol. The molecule has 0 saturated heterocycles. The molecule has 5 rings (SSSR count). The van der Waals surface area contributed by atoms with Gasteiger partial charge in [0, 0.05) is 36.0 Å². The number of likely N-dealkylation sites (N-methyl/N-ethyl adjacent to an activating group) is 1. The molecule has 1 heterocycles. The second-order valence-electron chi connectivity index (χ2n) is 9.04. The summed E-state index contributed by atoms with van der Waals surface area (Å²) in [5.41, 5.74) is 3.05. The first-order valence-corrected chi connectivity index (χ1v) is 12.5. The van der Waals surface area contributed by atoms with Crippen molar-refractivity contribution < 1.29 is 14.4 Å². The van der Waals surface area contributed by atoms with Crippen molar-refractivity contribution in [2.75, 3.05) is 18.5 Å². The molecule has 0 radical (unpaired) electrons. The number of hydrogen-bond donors (Lipinski definition) is 1. The Hall–Kier alpha value is -4.16. The van der Waals surface area contributed by atoms with Gasteiger partial charge in [-0.05, 0) is 40.8 Å². The lowest BCUT2D eigenvalue weighted by Crippen LogP contribution is -2.52. The number of hydrogen-bond acceptors (Lipinski definition) is 3. The highest BCUT2D eigenvalue weighted by molar-refractivity contribution is 6.30.